The second kappa shape index (κ2) is 36.8. The molecule has 8 heterocycles. The maximum absolute atomic E-state index is 12.0. The molecular weight excluding hydrogens is 1410 g/mol. The highest BCUT2D eigenvalue weighted by Crippen LogP contribution is 2.54. The van der Waals surface area contributed by atoms with Crippen molar-refractivity contribution in [2.45, 2.75) is 416 Å². The van der Waals surface area contributed by atoms with Crippen LogP contribution in [0.15, 0.2) is 66.1 Å². The van der Waals surface area contributed by atoms with Gasteiger partial charge in [-0.05, 0) is 64.6 Å². The van der Waals surface area contributed by atoms with E-state index in [0.29, 0.717) is 26.2 Å². The van der Waals surface area contributed by atoms with Crippen molar-refractivity contribution in [2.24, 2.45) is 54.1 Å². The number of oxazole rings is 1. The molecule has 0 atom stereocenters. The Morgan fingerprint density at radius 2 is 0.673 bits per heavy atom. The topological polar surface area (TPSA) is 198 Å². The molecule has 1 saturated carbocycles. The van der Waals surface area contributed by atoms with Crippen LogP contribution in [0.4, 0.5) is 0 Å². The van der Waals surface area contributed by atoms with Crippen molar-refractivity contribution in [1.29, 1.82) is 0 Å². The first kappa shape index (κ1) is 104. The molecule has 1 spiro atoms. The first-order valence-electron chi connectivity index (χ1n) is 42.4. The van der Waals surface area contributed by atoms with Crippen LogP contribution in [0.25, 0.3) is 0 Å². The molecular formula is C97H174N6O10. The summed E-state index contributed by atoms with van der Waals surface area (Å²) in [5.74, 6) is 7.60. The Balaban J connectivity index is 0.000000439. The summed E-state index contributed by atoms with van der Waals surface area (Å²) in [6, 6.07) is 0. The number of ketones is 1. The molecule has 0 saturated heterocycles. The van der Waals surface area contributed by atoms with Crippen molar-refractivity contribution >= 4 is 5.78 Å². The van der Waals surface area contributed by atoms with Gasteiger partial charge in [0.25, 0.3) is 5.79 Å². The SMILES string of the molecule is CC(C)(C)C1=C(C(C)(C)C)C(=O)CCO1.CC(C)(C)C1=C(C(C)(C)C)COC1.CC(C)(C)C1=C(C(C)(C)C)OC2(CCC2)O1.CC(C)(C)C1=C(C(C)(C)C)OCCC1.CC(C)(C)C1=C(C(C)(C)C)OCCO1.CC(C)(C)c1[nH]c(=O)oc1C(C)(C)C.CC(C)(C)c1n[nH]nc1C(C)(C)C.Cc1nc(C(C)(C)C)c(C(C)(C)C)[nH]1. The molecule has 0 radical (unpaired) electrons. The van der Waals surface area contributed by atoms with Gasteiger partial charge < -0.3 is 42.6 Å². The fourth-order valence-electron chi connectivity index (χ4n) is 13.6. The molecule has 3 aromatic heterocycles. The number of ether oxygens (including phenoxy) is 7. The van der Waals surface area contributed by atoms with E-state index in [1.54, 1.807) is 0 Å². The zero-order valence-corrected chi connectivity index (χ0v) is 82.4. The molecule has 1 fully saturated rings. The van der Waals surface area contributed by atoms with Gasteiger partial charge >= 0.3 is 5.76 Å². The Bertz CT molecular complexity index is 3540. The summed E-state index contributed by atoms with van der Waals surface area (Å²) in [5.41, 5.74) is 11.9. The first-order chi connectivity index (χ1) is 49.9. The molecule has 113 heavy (non-hydrogen) atoms. The van der Waals surface area contributed by atoms with E-state index in [4.69, 9.17) is 37.6 Å². The van der Waals surface area contributed by atoms with Gasteiger partial charge in [0.15, 0.2) is 5.78 Å². The van der Waals surface area contributed by atoms with Crippen molar-refractivity contribution in [1.82, 2.24) is 30.4 Å². The van der Waals surface area contributed by atoms with Crippen molar-refractivity contribution in [3.8, 4) is 0 Å². The third-order valence-electron chi connectivity index (χ3n) is 19.6. The third-order valence-corrected chi connectivity index (χ3v) is 19.6. The van der Waals surface area contributed by atoms with E-state index in [-0.39, 0.29) is 104 Å². The highest BCUT2D eigenvalue weighted by atomic mass is 16.7. The van der Waals surface area contributed by atoms with Gasteiger partial charge in [-0.15, -0.1) is 0 Å². The van der Waals surface area contributed by atoms with Crippen LogP contribution in [0.2, 0.25) is 0 Å². The predicted octanol–water partition coefficient (Wildman–Crippen LogP) is 26.7. The Hall–Kier alpha value is -5.51. The van der Waals surface area contributed by atoms with E-state index in [1.807, 2.05) is 27.7 Å². The Morgan fingerprint density at radius 3 is 0.938 bits per heavy atom. The normalized spacial score (nSPS) is 17.9. The minimum atomic E-state index is -0.361. The molecule has 1 aliphatic carbocycles. The van der Waals surface area contributed by atoms with E-state index >= 15 is 0 Å². The van der Waals surface area contributed by atoms with E-state index in [2.05, 4.69) is 342 Å². The van der Waals surface area contributed by atoms with Crippen LogP contribution in [0, 0.1) is 61.1 Å². The van der Waals surface area contributed by atoms with Crippen LogP contribution >= 0.6 is 0 Å². The number of aryl methyl sites for hydroxylation is 1. The van der Waals surface area contributed by atoms with Crippen LogP contribution in [-0.4, -0.2) is 81.6 Å². The first-order valence-corrected chi connectivity index (χ1v) is 42.4. The fraction of sp³-hybridized carbons (Fsp3) is 0.804. The Morgan fingerprint density at radius 1 is 0.319 bits per heavy atom. The minimum Gasteiger partial charge on any atom is -0.497 e. The van der Waals surface area contributed by atoms with Crippen LogP contribution < -0.4 is 5.76 Å². The lowest BCUT2D eigenvalue weighted by Crippen LogP contribution is -2.39. The summed E-state index contributed by atoms with van der Waals surface area (Å²) in [6.07, 6.45) is 6.18. The van der Waals surface area contributed by atoms with Crippen molar-refractivity contribution in [3.63, 3.8) is 0 Å². The summed E-state index contributed by atoms with van der Waals surface area (Å²) in [6.45, 7) is 111. The molecule has 3 N–H and O–H groups in total. The number of carbonyl (C=O) groups is 1. The quantitative estimate of drug-likeness (QED) is 0.180. The summed E-state index contributed by atoms with van der Waals surface area (Å²) in [4.78, 5) is 33.9. The van der Waals surface area contributed by atoms with Crippen molar-refractivity contribution in [3.05, 3.63) is 107 Å². The second-order valence-corrected chi connectivity index (χ2v) is 48.7. The zero-order chi connectivity index (χ0) is 88.9. The fourth-order valence-corrected chi connectivity index (χ4v) is 13.6. The molecule has 5 aliphatic heterocycles. The van der Waals surface area contributed by atoms with Crippen molar-refractivity contribution in [2.75, 3.05) is 39.6 Å². The molecule has 0 amide bonds. The van der Waals surface area contributed by atoms with Gasteiger partial charge in [-0.2, -0.15) is 15.4 Å². The summed E-state index contributed by atoms with van der Waals surface area (Å²) >= 11 is 0. The van der Waals surface area contributed by atoms with Gasteiger partial charge in [-0.3, -0.25) is 9.78 Å². The van der Waals surface area contributed by atoms with E-state index in [9.17, 15) is 9.59 Å². The summed E-state index contributed by atoms with van der Waals surface area (Å²) in [7, 11) is 0. The summed E-state index contributed by atoms with van der Waals surface area (Å²) < 4.78 is 46.1. The van der Waals surface area contributed by atoms with Crippen LogP contribution in [-0.2, 0) is 70.4 Å². The van der Waals surface area contributed by atoms with Gasteiger partial charge in [0.1, 0.15) is 59.4 Å². The number of nitrogens with one attached hydrogen (secondary N) is 3. The Labute approximate surface area is 692 Å². The monoisotopic (exact) mass is 1580 g/mol. The smallest absolute Gasteiger partial charge is 0.416 e. The number of hydrogen-bond donors (Lipinski definition) is 3. The highest BCUT2D eigenvalue weighted by Gasteiger charge is 2.53. The van der Waals surface area contributed by atoms with E-state index in [1.165, 1.54) is 53.1 Å². The number of carbonyl (C=O) groups excluding carboxylic acids is 1. The van der Waals surface area contributed by atoms with E-state index in [0.717, 1.165) is 95.7 Å². The molecule has 3 aromatic rings. The molecule has 6 aliphatic rings. The number of imidazole rings is 1. The van der Waals surface area contributed by atoms with Crippen LogP contribution in [0.5, 0.6) is 0 Å². The molecule has 16 nitrogen and oxygen atoms in total. The standard InChI is InChI=1S/C14H24O2.C13H22O2.C13H24O.C12H22N2.C12H22O2.C12H22O.C11H19NO2.C10H19N3/c1-12(2,3)10-11(13(4,5)6)16-14(15-10)8-7-9-14;1-12(2,3)10-9(14)7-8-15-11(10)13(4,5)6;1-12(2,3)10-8-7-9-14-11(10)13(4,5)6;1-8-13-9(11(2,3)4)10(14-8)12(5,6)7;1-11(2,3)9-10(12(4,5)6)14-8-7-13-9;1-11(2,3)9-7-13-8-10(9)12(4,5)6;1-10(2,3)7-8(11(4,5)6)14-9(13)12-7;1-9(2,3)7-8(10(4,5)6)12-13-11-7/h7-9H2,1-6H3;7-8H2,1-6H3;7-9H2,1-6H3;1-7H3,(H,13,14);7-8H2,1-6H3;7-8H2,1-6H3;1-6H3,(H,12,13);1-6H3,(H,11,12,13). The zero-order valence-electron chi connectivity index (χ0n) is 82.4. The number of hydrogen-bond acceptors (Lipinski definition) is 13. The van der Waals surface area contributed by atoms with Crippen molar-refractivity contribution < 1.29 is 42.4 Å². The van der Waals surface area contributed by atoms with Crippen LogP contribution in [0.1, 0.15) is 411 Å². The number of allylic oxidation sites excluding steroid dienone is 8. The number of aromatic amines is 3. The molecule has 16 heteroatoms. The number of nitrogens with zero attached hydrogens (tertiary/aromatic N) is 3. The lowest BCUT2D eigenvalue weighted by atomic mass is 9.76. The van der Waals surface area contributed by atoms with E-state index < -0.39 is 0 Å². The van der Waals surface area contributed by atoms with Gasteiger partial charge in [-0.1, -0.05) is 332 Å². The lowest BCUT2D eigenvalue weighted by molar-refractivity contribution is -0.212. The van der Waals surface area contributed by atoms with Gasteiger partial charge in [0, 0.05) is 95.5 Å². The molecule has 0 aromatic carbocycles. The second-order valence-electron chi connectivity index (χ2n) is 48.7. The van der Waals surface area contributed by atoms with Crippen LogP contribution in [0.3, 0.4) is 0 Å². The largest absolute Gasteiger partial charge is 0.497 e. The number of H-pyrrole nitrogens is 3. The minimum absolute atomic E-state index is 0.0295. The highest BCUT2D eigenvalue weighted by molar-refractivity contribution is 5.97. The number of rotatable bonds is 0. The average molecular weight is 1580 g/mol. The molecule has 0 unspecified atom stereocenters. The Kier molecular flexibility index (Phi) is 33.7. The lowest BCUT2D eigenvalue weighted by Gasteiger charge is -2.38. The number of aromatic nitrogens is 6. The maximum Gasteiger partial charge on any atom is 0.416 e. The average Bonchev–Trinajstić information content (AvgIpc) is 1.60. The third kappa shape index (κ3) is 31.4. The maximum atomic E-state index is 12.0. The van der Waals surface area contributed by atoms with Gasteiger partial charge in [0.2, 0.25) is 0 Å². The predicted molar refractivity (Wildman–Crippen MR) is 473 cm³/mol. The number of Topliss-reactive ketones (excluding diaryl/α,β-unsaturated/α-hetero) is 1. The van der Waals surface area contributed by atoms with Gasteiger partial charge in [-0.25, -0.2) is 9.78 Å². The molecule has 9 rings (SSSR count). The van der Waals surface area contributed by atoms with Gasteiger partial charge in [0.05, 0.1) is 49.2 Å². The molecule has 0 bridgehead atoms. The molecule has 652 valence electrons. The summed E-state index contributed by atoms with van der Waals surface area (Å²) in [5, 5.41) is 11.1.